The van der Waals surface area contributed by atoms with E-state index in [-0.39, 0.29) is 4.90 Å². The average Bonchev–Trinajstić information content (AvgIpc) is 3.58. The van der Waals surface area contributed by atoms with Gasteiger partial charge in [0.2, 0.25) is 0 Å². The Bertz CT molecular complexity index is 1470. The van der Waals surface area contributed by atoms with E-state index < -0.39 is 10.0 Å². The van der Waals surface area contributed by atoms with Crippen LogP contribution in [0.15, 0.2) is 66.1 Å². The minimum absolute atomic E-state index is 0.200. The van der Waals surface area contributed by atoms with Crippen LogP contribution in [0.1, 0.15) is 25.0 Å². The molecule has 10 heteroatoms. The number of nitrogens with one attached hydrogen (secondary N) is 1. The van der Waals surface area contributed by atoms with Gasteiger partial charge in [-0.3, -0.25) is 10.00 Å². The normalized spacial score (nSPS) is 19.7. The Balaban J connectivity index is 1.40. The molecule has 1 atom stereocenters. The predicted molar refractivity (Wildman–Crippen MR) is 132 cm³/mol. The average molecular weight is 491 g/mol. The summed E-state index contributed by atoms with van der Waals surface area (Å²) in [6.07, 6.45) is 11.9. The first-order chi connectivity index (χ1) is 17.1. The van der Waals surface area contributed by atoms with Crippen LogP contribution in [0.5, 0.6) is 0 Å². The van der Waals surface area contributed by atoms with Crippen LogP contribution in [-0.2, 0) is 14.8 Å². The molecule has 0 radical (unpaired) electrons. The zero-order valence-corrected chi connectivity index (χ0v) is 20.0. The van der Waals surface area contributed by atoms with Gasteiger partial charge in [-0.25, -0.2) is 22.4 Å². The molecule has 0 amide bonds. The molecule has 2 aliphatic rings. The van der Waals surface area contributed by atoms with Crippen molar-refractivity contribution in [2.75, 3.05) is 26.3 Å². The molecule has 0 saturated carbocycles. The first-order valence-corrected chi connectivity index (χ1v) is 13.2. The lowest BCUT2D eigenvalue weighted by Gasteiger charge is -2.36. The van der Waals surface area contributed by atoms with Crippen LogP contribution in [0.3, 0.4) is 0 Å². The van der Waals surface area contributed by atoms with Crippen molar-refractivity contribution < 1.29 is 13.2 Å². The lowest BCUT2D eigenvalue weighted by Crippen LogP contribution is -2.43. The van der Waals surface area contributed by atoms with E-state index in [2.05, 4.69) is 26.2 Å². The van der Waals surface area contributed by atoms with Crippen LogP contribution in [-0.4, -0.2) is 69.8 Å². The highest BCUT2D eigenvalue weighted by molar-refractivity contribution is 7.90. The molecule has 4 heterocycles. The number of hydrogen-bond acceptors (Lipinski definition) is 7. The molecule has 1 aromatic carbocycles. The van der Waals surface area contributed by atoms with Crippen LogP contribution in [0.4, 0.5) is 0 Å². The monoisotopic (exact) mass is 490 g/mol. The van der Waals surface area contributed by atoms with E-state index in [0.29, 0.717) is 22.8 Å². The number of allylic oxidation sites excluding steroid dienone is 1. The number of morpholine rings is 1. The van der Waals surface area contributed by atoms with E-state index in [4.69, 9.17) is 9.72 Å². The highest BCUT2D eigenvalue weighted by atomic mass is 32.2. The number of aromatic nitrogens is 5. The summed E-state index contributed by atoms with van der Waals surface area (Å²) >= 11 is 0. The van der Waals surface area contributed by atoms with Crippen molar-refractivity contribution in [2.45, 2.75) is 30.2 Å². The van der Waals surface area contributed by atoms with E-state index in [9.17, 15) is 8.42 Å². The summed E-state index contributed by atoms with van der Waals surface area (Å²) in [5.41, 5.74) is 4.22. The lowest BCUT2D eigenvalue weighted by molar-refractivity contribution is 0.0150. The Morgan fingerprint density at radius 1 is 1.09 bits per heavy atom. The van der Waals surface area contributed by atoms with Gasteiger partial charge in [0.25, 0.3) is 10.0 Å². The number of fused-ring (bicyclic) bond motifs is 1. The number of nitrogens with zero attached hydrogens (tertiary/aromatic N) is 5. The first-order valence-electron chi connectivity index (χ1n) is 11.8. The molecule has 1 fully saturated rings. The lowest BCUT2D eigenvalue weighted by atomic mass is 9.92. The highest BCUT2D eigenvalue weighted by Crippen LogP contribution is 2.33. The maximum atomic E-state index is 13.5. The summed E-state index contributed by atoms with van der Waals surface area (Å²) in [7, 11) is -3.84. The number of rotatable bonds is 5. The Morgan fingerprint density at radius 3 is 2.63 bits per heavy atom. The zero-order chi connectivity index (χ0) is 23.8. The number of aromatic amines is 1. The highest BCUT2D eigenvalue weighted by Gasteiger charge is 2.26. The van der Waals surface area contributed by atoms with Gasteiger partial charge in [-0.1, -0.05) is 24.3 Å². The van der Waals surface area contributed by atoms with Crippen molar-refractivity contribution in [2.24, 2.45) is 0 Å². The fraction of sp³-hybridized carbons (Fsp3) is 0.320. The first kappa shape index (κ1) is 22.1. The van der Waals surface area contributed by atoms with Gasteiger partial charge in [0.05, 0.1) is 36.2 Å². The molecule has 1 saturated heterocycles. The molecule has 180 valence electrons. The van der Waals surface area contributed by atoms with Crippen molar-refractivity contribution in [3.8, 4) is 11.1 Å². The molecule has 9 nitrogen and oxygen atoms in total. The molecule has 35 heavy (non-hydrogen) atoms. The maximum Gasteiger partial charge on any atom is 0.269 e. The second-order valence-corrected chi connectivity index (χ2v) is 10.7. The van der Waals surface area contributed by atoms with Gasteiger partial charge in [-0.2, -0.15) is 5.10 Å². The topological polar surface area (TPSA) is 106 Å². The predicted octanol–water partition coefficient (Wildman–Crippen LogP) is 3.33. The second kappa shape index (κ2) is 9.03. The largest absolute Gasteiger partial charge is 0.379 e. The fourth-order valence-corrected chi connectivity index (χ4v) is 6.28. The van der Waals surface area contributed by atoms with Crippen molar-refractivity contribution >= 4 is 26.8 Å². The molecule has 1 unspecified atom stereocenters. The van der Waals surface area contributed by atoms with Gasteiger partial charge in [-0.15, -0.1) is 0 Å². The number of H-pyrrole nitrogens is 1. The molecule has 4 aromatic rings. The van der Waals surface area contributed by atoms with E-state index in [1.807, 2.05) is 0 Å². The standard InChI is InChI=1S/C25H26N6O3S/c32-35(33,21-4-2-1-3-5-21)31-17-22(19-14-27-28-15-19)24-25(31)26-16-23(29-24)18-6-8-20(9-7-18)30-10-12-34-13-11-30/h1-6,14-17,20H,7-13H2,(H,27,28). The molecule has 1 aliphatic heterocycles. The van der Waals surface area contributed by atoms with Gasteiger partial charge in [0.15, 0.2) is 5.65 Å². The van der Waals surface area contributed by atoms with Crippen molar-refractivity contribution in [3.63, 3.8) is 0 Å². The van der Waals surface area contributed by atoms with Crippen LogP contribution < -0.4 is 0 Å². The minimum Gasteiger partial charge on any atom is -0.379 e. The zero-order valence-electron chi connectivity index (χ0n) is 19.2. The van der Waals surface area contributed by atoms with Crippen LogP contribution in [0, 0.1) is 0 Å². The van der Waals surface area contributed by atoms with Crippen LogP contribution >= 0.6 is 0 Å². The molecule has 1 aliphatic carbocycles. The van der Waals surface area contributed by atoms with Gasteiger partial charge in [0, 0.05) is 42.7 Å². The van der Waals surface area contributed by atoms with Gasteiger partial charge in [-0.05, 0) is 37.0 Å². The smallest absolute Gasteiger partial charge is 0.269 e. The van der Waals surface area contributed by atoms with Gasteiger partial charge >= 0.3 is 0 Å². The van der Waals surface area contributed by atoms with E-state index in [1.165, 1.54) is 3.97 Å². The third-order valence-corrected chi connectivity index (χ3v) is 8.51. The summed E-state index contributed by atoms with van der Waals surface area (Å²) in [6, 6.07) is 8.89. The van der Waals surface area contributed by atoms with Crippen molar-refractivity contribution in [1.29, 1.82) is 0 Å². The SMILES string of the molecule is O=S(=O)(c1ccccc1)n1cc(-c2cn[nH]c2)c2nc(C3=CCC(N4CCOCC4)CC3)cnc21. The summed E-state index contributed by atoms with van der Waals surface area (Å²) in [6.45, 7) is 3.57. The minimum atomic E-state index is -3.84. The summed E-state index contributed by atoms with van der Waals surface area (Å²) in [5.74, 6) is 0. The van der Waals surface area contributed by atoms with Gasteiger partial charge < -0.3 is 4.74 Å². The quantitative estimate of drug-likeness (QED) is 0.457. The number of hydrogen-bond donors (Lipinski definition) is 1. The number of benzene rings is 1. The van der Waals surface area contributed by atoms with E-state index in [0.717, 1.165) is 62.4 Å². The molecular formula is C25H26N6O3S. The third-order valence-electron chi connectivity index (χ3n) is 6.85. The Morgan fingerprint density at radius 2 is 1.91 bits per heavy atom. The molecule has 6 rings (SSSR count). The molecule has 0 bridgehead atoms. The summed E-state index contributed by atoms with van der Waals surface area (Å²) in [4.78, 5) is 12.3. The third kappa shape index (κ3) is 4.07. The Labute approximate surface area is 203 Å². The summed E-state index contributed by atoms with van der Waals surface area (Å²) in [5, 5.41) is 6.85. The second-order valence-electron chi connectivity index (χ2n) is 8.88. The van der Waals surface area contributed by atoms with Gasteiger partial charge in [0.1, 0.15) is 5.52 Å². The fourth-order valence-electron chi connectivity index (χ4n) is 4.94. The van der Waals surface area contributed by atoms with E-state index in [1.54, 1.807) is 55.1 Å². The van der Waals surface area contributed by atoms with Crippen molar-refractivity contribution in [1.82, 2.24) is 29.0 Å². The van der Waals surface area contributed by atoms with Crippen molar-refractivity contribution in [3.05, 3.63) is 66.9 Å². The Hall–Kier alpha value is -3.34. The number of ether oxygens (including phenoxy) is 1. The molecule has 0 spiro atoms. The van der Waals surface area contributed by atoms with Crippen LogP contribution in [0.25, 0.3) is 27.9 Å². The molecular weight excluding hydrogens is 464 g/mol. The van der Waals surface area contributed by atoms with E-state index >= 15 is 0 Å². The maximum absolute atomic E-state index is 13.5. The molecule has 1 N–H and O–H groups in total. The summed E-state index contributed by atoms with van der Waals surface area (Å²) < 4.78 is 33.6. The molecule has 3 aromatic heterocycles. The Kier molecular flexibility index (Phi) is 5.71. The van der Waals surface area contributed by atoms with Crippen LogP contribution in [0.2, 0.25) is 0 Å².